The van der Waals surface area contributed by atoms with E-state index >= 15 is 0 Å². The van der Waals surface area contributed by atoms with Crippen LogP contribution >= 0.6 is 0 Å². The Bertz CT molecular complexity index is 852. The minimum atomic E-state index is -0.414. The number of aliphatic hydroxyl groups is 2. The molecule has 0 aromatic heterocycles. The van der Waals surface area contributed by atoms with Crippen molar-refractivity contribution in [1.82, 2.24) is 0 Å². The van der Waals surface area contributed by atoms with E-state index < -0.39 is 5.60 Å². The first kappa shape index (κ1) is 23.9. The minimum Gasteiger partial charge on any atom is -0.390 e. The van der Waals surface area contributed by atoms with E-state index in [9.17, 15) is 10.2 Å². The van der Waals surface area contributed by atoms with Crippen molar-refractivity contribution in [2.75, 3.05) is 0 Å². The largest absolute Gasteiger partial charge is 0.390 e. The van der Waals surface area contributed by atoms with Gasteiger partial charge < -0.3 is 10.2 Å². The number of hydrogen-bond donors (Lipinski definition) is 2. The maximum Gasteiger partial charge on any atom is 0.0818 e. The van der Waals surface area contributed by atoms with Crippen molar-refractivity contribution in [2.45, 2.75) is 111 Å². The topological polar surface area (TPSA) is 40.5 Å². The Labute approximate surface area is 202 Å². The Balaban J connectivity index is 1.40. The summed E-state index contributed by atoms with van der Waals surface area (Å²) >= 11 is 0. The van der Waals surface area contributed by atoms with E-state index in [0.717, 1.165) is 36.7 Å². The summed E-state index contributed by atoms with van der Waals surface area (Å²) in [5.41, 5.74) is 1.80. The fraction of sp³-hybridized carbons (Fsp3) is 0.806. The van der Waals surface area contributed by atoms with E-state index in [1.807, 2.05) is 6.07 Å². The van der Waals surface area contributed by atoms with Gasteiger partial charge in [0.15, 0.2) is 0 Å². The monoisotopic (exact) mass is 452 g/mol. The highest BCUT2D eigenvalue weighted by Gasteiger charge is 2.66. The first-order chi connectivity index (χ1) is 15.6. The third-order valence-electron chi connectivity index (χ3n) is 12.4. The zero-order valence-electron chi connectivity index (χ0n) is 21.8. The lowest BCUT2D eigenvalue weighted by Gasteiger charge is -2.67. The Morgan fingerprint density at radius 3 is 2.21 bits per heavy atom. The zero-order valence-corrected chi connectivity index (χ0v) is 21.8. The van der Waals surface area contributed by atoms with E-state index in [0.29, 0.717) is 34.0 Å². The Morgan fingerprint density at radius 1 is 0.848 bits per heavy atom. The van der Waals surface area contributed by atoms with Crippen LogP contribution in [0.25, 0.3) is 0 Å². The van der Waals surface area contributed by atoms with Crippen molar-refractivity contribution in [3.05, 3.63) is 35.9 Å². The van der Waals surface area contributed by atoms with Crippen molar-refractivity contribution in [3.63, 3.8) is 0 Å². The minimum absolute atomic E-state index is 0.295. The molecule has 0 unspecified atom stereocenters. The lowest BCUT2D eigenvalue weighted by molar-refractivity contribution is -0.191. The average molecular weight is 453 g/mol. The summed E-state index contributed by atoms with van der Waals surface area (Å²) in [5.74, 6) is 3.14. The van der Waals surface area contributed by atoms with Crippen LogP contribution in [0.15, 0.2) is 30.3 Å². The van der Waals surface area contributed by atoms with Gasteiger partial charge in [-0.15, -0.1) is 0 Å². The second kappa shape index (κ2) is 8.09. The van der Waals surface area contributed by atoms with Crippen LogP contribution in [-0.2, 0) is 0 Å². The summed E-state index contributed by atoms with van der Waals surface area (Å²) in [5, 5.41) is 22.4. The van der Waals surface area contributed by atoms with Gasteiger partial charge in [-0.1, -0.05) is 65.0 Å². The molecule has 0 radical (unpaired) electrons. The molecule has 2 nitrogen and oxygen atoms in total. The third kappa shape index (κ3) is 3.48. The Kier molecular flexibility index (Phi) is 5.85. The smallest absolute Gasteiger partial charge is 0.0818 e. The highest BCUT2D eigenvalue weighted by molar-refractivity contribution is 5.20. The van der Waals surface area contributed by atoms with E-state index in [-0.39, 0.29) is 6.10 Å². The highest BCUT2D eigenvalue weighted by atomic mass is 16.3. The molecule has 0 spiro atoms. The molecular weight excluding hydrogens is 404 g/mol. The number of benzene rings is 1. The van der Waals surface area contributed by atoms with E-state index in [2.05, 4.69) is 58.9 Å². The molecule has 1 aromatic carbocycles. The van der Waals surface area contributed by atoms with Crippen LogP contribution in [0, 0.1) is 45.8 Å². The molecule has 0 amide bonds. The van der Waals surface area contributed by atoms with Gasteiger partial charge >= 0.3 is 0 Å². The van der Waals surface area contributed by atoms with Crippen molar-refractivity contribution < 1.29 is 10.2 Å². The van der Waals surface area contributed by atoms with E-state index in [1.54, 1.807) is 0 Å². The van der Waals surface area contributed by atoms with Gasteiger partial charge in [0.2, 0.25) is 0 Å². The Hall–Kier alpha value is -0.860. The maximum atomic E-state index is 11.3. The summed E-state index contributed by atoms with van der Waals surface area (Å²) in [6.45, 7) is 12.3. The lowest BCUT2D eigenvalue weighted by atomic mass is 9.38. The predicted octanol–water partition coefficient (Wildman–Crippen LogP) is 7.55. The van der Waals surface area contributed by atoms with E-state index in [4.69, 9.17) is 0 Å². The summed E-state index contributed by atoms with van der Waals surface area (Å²) in [6.07, 6.45) is 11.7. The second-order valence-corrected chi connectivity index (χ2v) is 13.6. The summed E-state index contributed by atoms with van der Waals surface area (Å²) in [6, 6.07) is 10.3. The van der Waals surface area contributed by atoms with Crippen molar-refractivity contribution in [3.8, 4) is 0 Å². The molecule has 0 aliphatic heterocycles. The van der Waals surface area contributed by atoms with Crippen LogP contribution < -0.4 is 0 Å². The number of hydrogen-bond acceptors (Lipinski definition) is 2. The molecular formula is C31H48O2. The summed E-state index contributed by atoms with van der Waals surface area (Å²) in [4.78, 5) is 0. The van der Waals surface area contributed by atoms with Crippen molar-refractivity contribution in [1.29, 1.82) is 0 Å². The van der Waals surface area contributed by atoms with Gasteiger partial charge in [0.1, 0.15) is 0 Å². The van der Waals surface area contributed by atoms with Crippen LogP contribution in [0.2, 0.25) is 0 Å². The molecule has 4 aliphatic rings. The third-order valence-corrected chi connectivity index (χ3v) is 12.4. The van der Waals surface area contributed by atoms with Gasteiger partial charge in [-0.25, -0.2) is 0 Å². The average Bonchev–Trinajstić information content (AvgIpc) is 3.17. The molecule has 0 saturated heterocycles. The fourth-order valence-electron chi connectivity index (χ4n) is 10.4. The molecule has 33 heavy (non-hydrogen) atoms. The van der Waals surface area contributed by atoms with Gasteiger partial charge in [0.05, 0.1) is 11.7 Å². The molecule has 5 rings (SSSR count). The molecule has 2 N–H and O–H groups in total. The molecule has 0 heterocycles. The first-order valence-corrected chi connectivity index (χ1v) is 14.0. The lowest BCUT2D eigenvalue weighted by Crippen LogP contribution is -2.60. The number of fused-ring (bicyclic) bond motifs is 5. The SMILES string of the molecule is CC[C@]1(O)CC[C@@]2(C)[C@@H](CC[C@]3(C)[C@@H]2CC[C@@]2(C)[C@H]3CC[C@@H]2[C@H](C)[C@H](O)c2ccccc2)C1. The molecule has 184 valence electrons. The summed E-state index contributed by atoms with van der Waals surface area (Å²) < 4.78 is 0. The van der Waals surface area contributed by atoms with Crippen LogP contribution in [0.3, 0.4) is 0 Å². The van der Waals surface area contributed by atoms with Crippen LogP contribution in [0.1, 0.15) is 110 Å². The van der Waals surface area contributed by atoms with Gasteiger partial charge in [-0.3, -0.25) is 0 Å². The van der Waals surface area contributed by atoms with Gasteiger partial charge in [-0.05, 0) is 116 Å². The molecule has 4 aliphatic carbocycles. The Morgan fingerprint density at radius 2 is 1.52 bits per heavy atom. The predicted molar refractivity (Wildman–Crippen MR) is 136 cm³/mol. The molecule has 4 saturated carbocycles. The normalized spacial score (nSPS) is 48.9. The van der Waals surface area contributed by atoms with Crippen molar-refractivity contribution in [2.24, 2.45) is 45.8 Å². The maximum absolute atomic E-state index is 11.3. The van der Waals surface area contributed by atoms with Crippen LogP contribution in [0.4, 0.5) is 0 Å². The second-order valence-electron chi connectivity index (χ2n) is 13.6. The van der Waals surface area contributed by atoms with E-state index in [1.165, 1.54) is 44.9 Å². The zero-order chi connectivity index (χ0) is 23.6. The van der Waals surface area contributed by atoms with Gasteiger partial charge in [-0.2, -0.15) is 0 Å². The molecule has 10 atom stereocenters. The molecule has 1 aromatic rings. The van der Waals surface area contributed by atoms with Gasteiger partial charge in [0.25, 0.3) is 0 Å². The summed E-state index contributed by atoms with van der Waals surface area (Å²) in [7, 11) is 0. The highest BCUT2D eigenvalue weighted by Crippen LogP contribution is 2.73. The van der Waals surface area contributed by atoms with Gasteiger partial charge in [0, 0.05) is 0 Å². The fourth-order valence-corrected chi connectivity index (χ4v) is 10.4. The number of aliphatic hydroxyl groups excluding tert-OH is 1. The number of rotatable bonds is 4. The molecule has 2 heteroatoms. The van der Waals surface area contributed by atoms with Crippen molar-refractivity contribution >= 4 is 0 Å². The molecule has 0 bridgehead atoms. The quantitative estimate of drug-likeness (QED) is 0.495. The van der Waals surface area contributed by atoms with Crippen LogP contribution in [-0.4, -0.2) is 15.8 Å². The first-order valence-electron chi connectivity index (χ1n) is 14.0. The molecule has 4 fully saturated rings. The van der Waals surface area contributed by atoms with Crippen LogP contribution in [0.5, 0.6) is 0 Å². The standard InChI is InChI=1S/C31H48O2/c1-6-31(33)19-18-28(3)23(20-31)14-16-30(5)25-13-12-24(29(25,4)17-15-26(28)30)21(2)27(32)22-10-8-7-9-11-22/h7-11,21,23-27,32-33H,6,12-20H2,1-5H3/t21-,23-,24+,25+,26+,27-,28-,29+,30-,31-/m0/s1.